The Morgan fingerprint density at radius 1 is 1.04 bits per heavy atom. The molecule has 2 N–H and O–H groups in total. The number of carbonyl (C=O) groups is 1. The van der Waals surface area contributed by atoms with Crippen LogP contribution >= 0.6 is 0 Å². The van der Waals surface area contributed by atoms with Crippen LogP contribution in [-0.4, -0.2) is 25.0 Å². The van der Waals surface area contributed by atoms with Crippen molar-refractivity contribution < 1.29 is 4.79 Å². The Morgan fingerprint density at radius 3 is 2.42 bits per heavy atom. The predicted octanol–water partition coefficient (Wildman–Crippen LogP) is 3.27. The topological polar surface area (TPSA) is 41.1 Å². The molecule has 1 heterocycles. The zero-order valence-corrected chi connectivity index (χ0v) is 14.1. The number of amides is 1. The summed E-state index contributed by atoms with van der Waals surface area (Å²) in [5.74, 6) is 0.435. The van der Waals surface area contributed by atoms with Crippen molar-refractivity contribution in [3.63, 3.8) is 0 Å². The highest BCUT2D eigenvalue weighted by atomic mass is 16.2. The van der Waals surface area contributed by atoms with Gasteiger partial charge >= 0.3 is 0 Å². The minimum atomic E-state index is -0.0214. The molecule has 0 aliphatic carbocycles. The molecular weight excluding hydrogens is 296 g/mol. The fourth-order valence-corrected chi connectivity index (χ4v) is 3.35. The minimum absolute atomic E-state index is 0.0214. The summed E-state index contributed by atoms with van der Waals surface area (Å²) in [6.45, 7) is 1.63. The van der Waals surface area contributed by atoms with E-state index in [2.05, 4.69) is 59.2 Å². The lowest BCUT2D eigenvalue weighted by atomic mass is 9.91. The molecule has 0 saturated carbocycles. The van der Waals surface area contributed by atoms with Crippen LogP contribution in [-0.2, 0) is 11.2 Å². The van der Waals surface area contributed by atoms with E-state index in [-0.39, 0.29) is 11.9 Å². The zero-order chi connectivity index (χ0) is 16.6. The maximum atomic E-state index is 12.4. The van der Waals surface area contributed by atoms with E-state index in [0.29, 0.717) is 12.5 Å². The number of nitrogens with one attached hydrogen (secondary N) is 2. The average molecular weight is 322 g/mol. The van der Waals surface area contributed by atoms with Gasteiger partial charge in [-0.05, 0) is 36.9 Å². The van der Waals surface area contributed by atoms with E-state index in [4.69, 9.17) is 0 Å². The molecular formula is C21H26N2O. The lowest BCUT2D eigenvalue weighted by Gasteiger charge is -2.24. The van der Waals surface area contributed by atoms with Crippen molar-refractivity contribution in [3.05, 3.63) is 71.8 Å². The minimum Gasteiger partial charge on any atom is -0.354 e. The molecule has 0 spiro atoms. The zero-order valence-electron chi connectivity index (χ0n) is 14.1. The molecule has 0 bridgehead atoms. The van der Waals surface area contributed by atoms with Crippen LogP contribution in [0.1, 0.15) is 36.3 Å². The third kappa shape index (κ3) is 4.68. The van der Waals surface area contributed by atoms with Gasteiger partial charge in [-0.1, -0.05) is 67.1 Å². The van der Waals surface area contributed by atoms with Gasteiger partial charge < -0.3 is 10.6 Å². The fourth-order valence-electron chi connectivity index (χ4n) is 3.35. The van der Waals surface area contributed by atoms with Crippen LogP contribution in [0.3, 0.4) is 0 Å². The number of rotatable bonds is 6. The third-order valence-electron chi connectivity index (χ3n) is 4.75. The van der Waals surface area contributed by atoms with Gasteiger partial charge in [0.2, 0.25) is 5.91 Å². The average Bonchev–Trinajstić information content (AvgIpc) is 2.67. The normalized spacial score (nSPS) is 18.8. The van der Waals surface area contributed by atoms with Gasteiger partial charge in [-0.15, -0.1) is 0 Å². The summed E-state index contributed by atoms with van der Waals surface area (Å²) in [6, 6.07) is 20.9. The molecule has 1 amide bonds. The van der Waals surface area contributed by atoms with E-state index < -0.39 is 0 Å². The molecule has 0 aromatic heterocycles. The van der Waals surface area contributed by atoms with Crippen molar-refractivity contribution in [2.75, 3.05) is 13.1 Å². The molecule has 1 fully saturated rings. The van der Waals surface area contributed by atoms with E-state index in [9.17, 15) is 4.79 Å². The number of hydrogen-bond acceptors (Lipinski definition) is 2. The van der Waals surface area contributed by atoms with Gasteiger partial charge in [0.15, 0.2) is 0 Å². The second-order valence-electron chi connectivity index (χ2n) is 6.54. The van der Waals surface area contributed by atoms with E-state index in [1.54, 1.807) is 0 Å². The molecule has 2 aromatic rings. The lowest BCUT2D eigenvalue weighted by Crippen LogP contribution is -2.47. The molecule has 2 unspecified atom stereocenters. The van der Waals surface area contributed by atoms with Gasteiger partial charge in [0.1, 0.15) is 0 Å². The SMILES string of the molecule is O=C(NCC(Cc1ccccc1)c1ccccc1)C1CCCCN1. The fraction of sp³-hybridized carbons (Fsp3) is 0.381. The first-order valence-electron chi connectivity index (χ1n) is 8.93. The molecule has 3 nitrogen and oxygen atoms in total. The molecule has 1 aliphatic heterocycles. The molecule has 3 heteroatoms. The smallest absolute Gasteiger partial charge is 0.237 e. The van der Waals surface area contributed by atoms with Gasteiger partial charge in [0.05, 0.1) is 6.04 Å². The summed E-state index contributed by atoms with van der Waals surface area (Å²) in [5.41, 5.74) is 2.58. The molecule has 2 aromatic carbocycles. The maximum absolute atomic E-state index is 12.4. The van der Waals surface area contributed by atoms with Crippen LogP contribution in [0, 0.1) is 0 Å². The van der Waals surface area contributed by atoms with Crippen molar-refractivity contribution in [3.8, 4) is 0 Å². The monoisotopic (exact) mass is 322 g/mol. The molecule has 24 heavy (non-hydrogen) atoms. The van der Waals surface area contributed by atoms with E-state index in [1.807, 2.05) is 12.1 Å². The third-order valence-corrected chi connectivity index (χ3v) is 4.75. The molecule has 3 rings (SSSR count). The van der Waals surface area contributed by atoms with Gasteiger partial charge in [0.25, 0.3) is 0 Å². The maximum Gasteiger partial charge on any atom is 0.237 e. The van der Waals surface area contributed by atoms with Crippen molar-refractivity contribution in [1.82, 2.24) is 10.6 Å². The molecule has 1 saturated heterocycles. The van der Waals surface area contributed by atoms with Gasteiger partial charge in [-0.25, -0.2) is 0 Å². The van der Waals surface area contributed by atoms with Crippen LogP contribution in [0.15, 0.2) is 60.7 Å². The number of benzene rings is 2. The van der Waals surface area contributed by atoms with Crippen LogP contribution < -0.4 is 10.6 Å². The predicted molar refractivity (Wildman–Crippen MR) is 98.0 cm³/mol. The molecule has 1 aliphatic rings. The van der Waals surface area contributed by atoms with Crippen LogP contribution in [0.2, 0.25) is 0 Å². The van der Waals surface area contributed by atoms with Crippen LogP contribution in [0.25, 0.3) is 0 Å². The van der Waals surface area contributed by atoms with E-state index in [1.165, 1.54) is 17.5 Å². The molecule has 0 radical (unpaired) electrons. The first-order chi connectivity index (χ1) is 11.8. The summed E-state index contributed by atoms with van der Waals surface area (Å²) >= 11 is 0. The Balaban J connectivity index is 1.64. The summed E-state index contributed by atoms with van der Waals surface area (Å²) < 4.78 is 0. The van der Waals surface area contributed by atoms with Crippen molar-refractivity contribution >= 4 is 5.91 Å². The van der Waals surface area contributed by atoms with Crippen molar-refractivity contribution in [1.29, 1.82) is 0 Å². The van der Waals surface area contributed by atoms with Crippen LogP contribution in [0.5, 0.6) is 0 Å². The van der Waals surface area contributed by atoms with Crippen molar-refractivity contribution in [2.45, 2.75) is 37.6 Å². The Kier molecular flexibility index (Phi) is 6.02. The van der Waals surface area contributed by atoms with Gasteiger partial charge in [-0.2, -0.15) is 0 Å². The number of hydrogen-bond donors (Lipinski definition) is 2. The first kappa shape index (κ1) is 16.7. The van der Waals surface area contributed by atoms with Crippen molar-refractivity contribution in [2.24, 2.45) is 0 Å². The number of piperidine rings is 1. The highest BCUT2D eigenvalue weighted by Crippen LogP contribution is 2.20. The summed E-state index contributed by atoms with van der Waals surface area (Å²) in [4.78, 5) is 12.4. The van der Waals surface area contributed by atoms with E-state index >= 15 is 0 Å². The highest BCUT2D eigenvalue weighted by Gasteiger charge is 2.21. The summed E-state index contributed by atoms with van der Waals surface area (Å²) in [6.07, 6.45) is 4.19. The summed E-state index contributed by atoms with van der Waals surface area (Å²) in [7, 11) is 0. The Bertz CT molecular complexity index is 621. The van der Waals surface area contributed by atoms with Gasteiger partial charge in [0, 0.05) is 12.5 Å². The van der Waals surface area contributed by atoms with Crippen LogP contribution in [0.4, 0.5) is 0 Å². The first-order valence-corrected chi connectivity index (χ1v) is 8.93. The van der Waals surface area contributed by atoms with Gasteiger partial charge in [-0.3, -0.25) is 4.79 Å². The summed E-state index contributed by atoms with van der Waals surface area (Å²) in [5, 5.41) is 6.49. The second-order valence-corrected chi connectivity index (χ2v) is 6.54. The number of carbonyl (C=O) groups excluding carboxylic acids is 1. The quantitative estimate of drug-likeness (QED) is 0.857. The molecule has 2 atom stereocenters. The molecule has 126 valence electrons. The highest BCUT2D eigenvalue weighted by molar-refractivity contribution is 5.81. The Labute approximate surface area is 144 Å². The Hall–Kier alpha value is -2.13. The second kappa shape index (κ2) is 8.65. The lowest BCUT2D eigenvalue weighted by molar-refractivity contribution is -0.123. The Morgan fingerprint density at radius 2 is 1.75 bits per heavy atom. The largest absolute Gasteiger partial charge is 0.354 e. The van der Waals surface area contributed by atoms with E-state index in [0.717, 1.165) is 25.8 Å². The standard InChI is InChI=1S/C21H26N2O/c24-21(20-13-7-8-14-22-20)23-16-19(18-11-5-2-6-12-18)15-17-9-3-1-4-10-17/h1-6,9-12,19-20,22H,7-8,13-16H2,(H,23,24).